The van der Waals surface area contributed by atoms with Crippen LogP contribution in [-0.4, -0.2) is 44.0 Å². The number of benzene rings is 2. The maximum atomic E-state index is 12.5. The van der Waals surface area contributed by atoms with E-state index in [0.29, 0.717) is 30.2 Å². The molecule has 0 unspecified atom stereocenters. The fourth-order valence-electron chi connectivity index (χ4n) is 3.48. The Hall–Kier alpha value is -3.35. The summed E-state index contributed by atoms with van der Waals surface area (Å²) < 4.78 is 16.2. The van der Waals surface area contributed by atoms with Crippen LogP contribution in [0.1, 0.15) is 48.5 Å². The Kier molecular flexibility index (Phi) is 8.25. The van der Waals surface area contributed by atoms with Crippen LogP contribution in [0.2, 0.25) is 0 Å². The van der Waals surface area contributed by atoms with Crippen molar-refractivity contribution in [3.05, 3.63) is 53.6 Å². The second-order valence-corrected chi connectivity index (χ2v) is 7.62. The predicted octanol–water partition coefficient (Wildman–Crippen LogP) is 4.11. The predicted molar refractivity (Wildman–Crippen MR) is 120 cm³/mol. The standard InChI is InChI=1S/C25H29NO6/c1-3-30-25(29)12-10-22(27)19-9-11-23-21(16-19)26(24(28)17-32-23)13-4-5-14-31-20-8-6-7-18(2)15-20/h6-9,11,15-16H,3-5,10,12-14,17H2,1-2H3. The van der Waals surface area contributed by atoms with Crippen molar-refractivity contribution >= 4 is 23.3 Å². The maximum absolute atomic E-state index is 12.5. The van der Waals surface area contributed by atoms with Crippen molar-refractivity contribution in [1.29, 1.82) is 0 Å². The zero-order valence-electron chi connectivity index (χ0n) is 18.6. The molecule has 1 aliphatic rings. The van der Waals surface area contributed by atoms with Crippen molar-refractivity contribution in [2.75, 3.05) is 31.3 Å². The lowest BCUT2D eigenvalue weighted by Gasteiger charge is -2.29. The van der Waals surface area contributed by atoms with Crippen LogP contribution in [0.3, 0.4) is 0 Å². The summed E-state index contributed by atoms with van der Waals surface area (Å²) in [6, 6.07) is 12.9. The summed E-state index contributed by atoms with van der Waals surface area (Å²) in [4.78, 5) is 38.2. The van der Waals surface area contributed by atoms with Crippen LogP contribution in [0.25, 0.3) is 0 Å². The fraction of sp³-hybridized carbons (Fsp3) is 0.400. The second-order valence-electron chi connectivity index (χ2n) is 7.62. The molecule has 7 nitrogen and oxygen atoms in total. The molecule has 7 heteroatoms. The molecule has 3 rings (SSSR count). The summed E-state index contributed by atoms with van der Waals surface area (Å²) >= 11 is 0. The zero-order valence-corrected chi connectivity index (χ0v) is 18.6. The number of Topliss-reactive ketones (excluding diaryl/α,β-unsaturated/α-hetero) is 1. The van der Waals surface area contributed by atoms with Crippen molar-refractivity contribution < 1.29 is 28.6 Å². The van der Waals surface area contributed by atoms with Gasteiger partial charge in [-0.3, -0.25) is 14.4 Å². The van der Waals surface area contributed by atoms with Crippen LogP contribution in [0, 0.1) is 6.92 Å². The third-order valence-electron chi connectivity index (χ3n) is 5.12. The van der Waals surface area contributed by atoms with E-state index in [0.717, 1.165) is 24.2 Å². The van der Waals surface area contributed by atoms with Crippen molar-refractivity contribution in [2.45, 2.75) is 39.5 Å². The van der Waals surface area contributed by atoms with Crippen molar-refractivity contribution in [3.8, 4) is 11.5 Å². The van der Waals surface area contributed by atoms with Crippen LogP contribution >= 0.6 is 0 Å². The van der Waals surface area contributed by atoms with Gasteiger partial charge in [-0.25, -0.2) is 0 Å². The Morgan fingerprint density at radius 2 is 1.94 bits per heavy atom. The van der Waals surface area contributed by atoms with Crippen LogP contribution in [0.15, 0.2) is 42.5 Å². The van der Waals surface area contributed by atoms with Crippen molar-refractivity contribution in [3.63, 3.8) is 0 Å². The quantitative estimate of drug-likeness (QED) is 0.298. The molecular weight excluding hydrogens is 410 g/mol. The van der Waals surface area contributed by atoms with Gasteiger partial charge in [-0.15, -0.1) is 0 Å². The van der Waals surface area contributed by atoms with Gasteiger partial charge < -0.3 is 19.1 Å². The largest absolute Gasteiger partial charge is 0.494 e. The van der Waals surface area contributed by atoms with E-state index in [-0.39, 0.29) is 37.7 Å². The molecule has 0 atom stereocenters. The molecule has 0 spiro atoms. The number of hydrogen-bond acceptors (Lipinski definition) is 6. The molecule has 1 aliphatic heterocycles. The lowest BCUT2D eigenvalue weighted by molar-refractivity contribution is -0.143. The highest BCUT2D eigenvalue weighted by molar-refractivity contribution is 6.02. The summed E-state index contributed by atoms with van der Waals surface area (Å²) in [7, 11) is 0. The molecule has 0 saturated heterocycles. The van der Waals surface area contributed by atoms with Gasteiger partial charge in [0.1, 0.15) is 11.5 Å². The van der Waals surface area contributed by atoms with Gasteiger partial charge >= 0.3 is 5.97 Å². The first kappa shape index (κ1) is 23.3. The first-order valence-corrected chi connectivity index (χ1v) is 10.9. The molecule has 2 aromatic carbocycles. The van der Waals surface area contributed by atoms with Gasteiger partial charge in [-0.05, 0) is 62.6 Å². The number of esters is 1. The number of nitrogens with zero attached hydrogens (tertiary/aromatic N) is 1. The van der Waals surface area contributed by atoms with E-state index >= 15 is 0 Å². The summed E-state index contributed by atoms with van der Waals surface area (Å²) in [6.07, 6.45) is 1.62. The minimum absolute atomic E-state index is 0.0249. The molecule has 0 aliphatic carbocycles. The van der Waals surface area contributed by atoms with Crippen LogP contribution in [-0.2, 0) is 14.3 Å². The summed E-state index contributed by atoms with van der Waals surface area (Å²) in [5.74, 6) is 0.691. The molecular formula is C25H29NO6. The minimum atomic E-state index is -0.396. The Bertz CT molecular complexity index is 971. The Morgan fingerprint density at radius 3 is 2.72 bits per heavy atom. The number of fused-ring (bicyclic) bond motifs is 1. The number of carbonyl (C=O) groups excluding carboxylic acids is 3. The molecule has 32 heavy (non-hydrogen) atoms. The first-order chi connectivity index (χ1) is 15.5. The average Bonchev–Trinajstić information content (AvgIpc) is 2.78. The van der Waals surface area contributed by atoms with Gasteiger partial charge in [0.2, 0.25) is 0 Å². The Labute approximate surface area is 188 Å². The van der Waals surface area contributed by atoms with E-state index in [2.05, 4.69) is 0 Å². The van der Waals surface area contributed by atoms with E-state index in [1.165, 1.54) is 0 Å². The zero-order chi connectivity index (χ0) is 22.9. The average molecular weight is 440 g/mol. The molecule has 0 aromatic heterocycles. The number of rotatable bonds is 11. The monoisotopic (exact) mass is 439 g/mol. The Balaban J connectivity index is 1.57. The lowest BCUT2D eigenvalue weighted by atomic mass is 10.0. The number of ketones is 1. The Morgan fingerprint density at radius 1 is 1.09 bits per heavy atom. The van der Waals surface area contributed by atoms with Gasteiger partial charge in [0.05, 0.1) is 25.3 Å². The van der Waals surface area contributed by atoms with Gasteiger partial charge in [0.15, 0.2) is 12.4 Å². The maximum Gasteiger partial charge on any atom is 0.306 e. The molecule has 1 amide bonds. The van der Waals surface area contributed by atoms with E-state index in [4.69, 9.17) is 14.2 Å². The normalized spacial score (nSPS) is 12.7. The smallest absolute Gasteiger partial charge is 0.306 e. The number of aryl methyl sites for hydroxylation is 1. The number of hydrogen-bond donors (Lipinski definition) is 0. The molecule has 2 aromatic rings. The van der Waals surface area contributed by atoms with Crippen LogP contribution < -0.4 is 14.4 Å². The van der Waals surface area contributed by atoms with Gasteiger partial charge in [0.25, 0.3) is 5.91 Å². The third kappa shape index (κ3) is 6.33. The SMILES string of the molecule is CCOC(=O)CCC(=O)c1ccc2c(c1)N(CCCCOc1cccc(C)c1)C(=O)CO2. The highest BCUT2D eigenvalue weighted by atomic mass is 16.5. The van der Waals surface area contributed by atoms with Crippen LogP contribution in [0.4, 0.5) is 5.69 Å². The van der Waals surface area contributed by atoms with Gasteiger partial charge in [-0.1, -0.05) is 12.1 Å². The second kappa shape index (κ2) is 11.3. The van der Waals surface area contributed by atoms with Crippen molar-refractivity contribution in [2.24, 2.45) is 0 Å². The van der Waals surface area contributed by atoms with Crippen molar-refractivity contribution in [1.82, 2.24) is 0 Å². The number of amides is 1. The third-order valence-corrected chi connectivity index (χ3v) is 5.12. The topological polar surface area (TPSA) is 82.1 Å². The molecule has 1 heterocycles. The van der Waals surface area contributed by atoms with E-state index in [1.54, 1.807) is 30.0 Å². The summed E-state index contributed by atoms with van der Waals surface area (Å²) in [5, 5.41) is 0. The molecule has 0 bridgehead atoms. The van der Waals surface area contributed by atoms with Gasteiger partial charge in [-0.2, -0.15) is 0 Å². The number of ether oxygens (including phenoxy) is 3. The summed E-state index contributed by atoms with van der Waals surface area (Å²) in [6.45, 7) is 5.07. The minimum Gasteiger partial charge on any atom is -0.494 e. The van der Waals surface area contributed by atoms with Crippen LogP contribution in [0.5, 0.6) is 11.5 Å². The van der Waals surface area contributed by atoms with E-state index in [1.807, 2.05) is 31.2 Å². The number of unbranched alkanes of at least 4 members (excludes halogenated alkanes) is 1. The molecule has 0 N–H and O–H groups in total. The fourth-order valence-corrected chi connectivity index (χ4v) is 3.48. The first-order valence-electron chi connectivity index (χ1n) is 10.9. The highest BCUT2D eigenvalue weighted by Crippen LogP contribution is 2.33. The van der Waals surface area contributed by atoms with E-state index < -0.39 is 5.97 Å². The summed E-state index contributed by atoms with van der Waals surface area (Å²) in [5.41, 5.74) is 2.17. The van der Waals surface area contributed by atoms with E-state index in [9.17, 15) is 14.4 Å². The number of anilines is 1. The molecule has 170 valence electrons. The molecule has 0 radical (unpaired) electrons. The van der Waals surface area contributed by atoms with Gasteiger partial charge in [0, 0.05) is 18.5 Å². The molecule has 0 saturated carbocycles. The molecule has 0 fully saturated rings. The lowest BCUT2D eigenvalue weighted by Crippen LogP contribution is -2.39. The highest BCUT2D eigenvalue weighted by Gasteiger charge is 2.26. The number of carbonyl (C=O) groups is 3.